The number of hydrogen-bond donors (Lipinski definition) is 2. The van der Waals surface area contributed by atoms with Crippen LogP contribution in [0, 0.1) is 12.8 Å². The van der Waals surface area contributed by atoms with Gasteiger partial charge in [0.25, 0.3) is 0 Å². The number of benzene rings is 1. The van der Waals surface area contributed by atoms with E-state index in [1.165, 1.54) is 48.1 Å². The Kier molecular flexibility index (Phi) is 6.43. The molecule has 2 atom stereocenters. The van der Waals surface area contributed by atoms with Crippen molar-refractivity contribution in [2.24, 2.45) is 5.92 Å². The van der Waals surface area contributed by atoms with Crippen LogP contribution in [0.25, 0.3) is 10.9 Å². The number of methoxy groups -OCH3 is 1. The molecule has 2 bridgehead atoms. The quantitative estimate of drug-likeness (QED) is 0.866. The molecule has 5 rings (SSSR count). The summed E-state index contributed by atoms with van der Waals surface area (Å²) in [4.78, 5) is 6.29. The maximum absolute atomic E-state index is 5.36. The topological polar surface area (TPSA) is 40.3 Å². The molecular formula is C18H27Cl2N3O. The lowest BCUT2D eigenvalue weighted by Crippen LogP contribution is -2.43. The van der Waals surface area contributed by atoms with Gasteiger partial charge >= 0.3 is 0 Å². The first-order chi connectivity index (χ1) is 10.7. The Balaban J connectivity index is 0.00000104. The summed E-state index contributed by atoms with van der Waals surface area (Å²) in [6, 6.07) is 6.99. The van der Waals surface area contributed by atoms with Crippen molar-refractivity contribution in [3.05, 3.63) is 29.5 Å². The highest BCUT2D eigenvalue weighted by Gasteiger charge is 2.31. The zero-order valence-corrected chi connectivity index (χ0v) is 15.9. The lowest BCUT2D eigenvalue weighted by molar-refractivity contribution is 0.125. The van der Waals surface area contributed by atoms with Crippen LogP contribution in [0.3, 0.4) is 0 Å². The van der Waals surface area contributed by atoms with Crippen LogP contribution in [0.5, 0.6) is 5.75 Å². The molecular weight excluding hydrogens is 345 g/mol. The van der Waals surface area contributed by atoms with Gasteiger partial charge in [-0.15, -0.1) is 24.8 Å². The van der Waals surface area contributed by atoms with E-state index in [1.54, 1.807) is 7.11 Å². The molecule has 2 aromatic rings. The molecule has 0 saturated carbocycles. The standard InChI is InChI=1S/C18H25N3O.2ClH/c1-12-16-7-15(22-2)5-6-17(16)20-18(12)11-21-10-13-3-4-14(21)9-19-8-13;;/h5-7,13-14,19-20H,3-4,8-11H2,1-2H3;2*1H/t13-,14+;;/m1../s1. The Morgan fingerprint density at radius 3 is 2.83 bits per heavy atom. The number of hydrogen-bond acceptors (Lipinski definition) is 3. The molecule has 3 saturated heterocycles. The largest absolute Gasteiger partial charge is 0.497 e. The minimum absolute atomic E-state index is 0. The monoisotopic (exact) mass is 371 g/mol. The minimum Gasteiger partial charge on any atom is -0.497 e. The van der Waals surface area contributed by atoms with Gasteiger partial charge in [0.15, 0.2) is 0 Å². The SMILES string of the molecule is COc1ccc2[nH]c(CN3C[C@@H]4CC[C@H]3CNC4)c(C)c2c1.Cl.Cl. The van der Waals surface area contributed by atoms with Crippen molar-refractivity contribution in [2.75, 3.05) is 26.7 Å². The Morgan fingerprint density at radius 2 is 2.04 bits per heavy atom. The minimum atomic E-state index is 0. The highest BCUT2D eigenvalue weighted by atomic mass is 35.5. The predicted molar refractivity (Wildman–Crippen MR) is 104 cm³/mol. The summed E-state index contributed by atoms with van der Waals surface area (Å²) in [5.74, 6) is 1.75. The van der Waals surface area contributed by atoms with Crippen molar-refractivity contribution < 1.29 is 4.74 Å². The van der Waals surface area contributed by atoms with Crippen LogP contribution in [0.2, 0.25) is 0 Å². The Labute approximate surface area is 156 Å². The average Bonchev–Trinajstić information content (AvgIpc) is 2.74. The molecule has 2 N–H and O–H groups in total. The third-order valence-electron chi connectivity index (χ3n) is 5.46. The van der Waals surface area contributed by atoms with Crippen molar-refractivity contribution in [2.45, 2.75) is 32.4 Å². The van der Waals surface area contributed by atoms with Gasteiger partial charge in [-0.25, -0.2) is 0 Å². The van der Waals surface area contributed by atoms with E-state index in [-0.39, 0.29) is 24.8 Å². The number of halogens is 2. The summed E-state index contributed by atoms with van der Waals surface area (Å²) < 4.78 is 5.36. The summed E-state index contributed by atoms with van der Waals surface area (Å²) in [6.45, 7) is 6.82. The van der Waals surface area contributed by atoms with Gasteiger partial charge in [0.2, 0.25) is 0 Å². The molecule has 4 nitrogen and oxygen atoms in total. The van der Waals surface area contributed by atoms with Crippen molar-refractivity contribution in [1.82, 2.24) is 15.2 Å². The van der Waals surface area contributed by atoms with Gasteiger partial charge in [-0.2, -0.15) is 0 Å². The van der Waals surface area contributed by atoms with Crippen LogP contribution in [-0.4, -0.2) is 42.7 Å². The molecule has 1 aromatic carbocycles. The zero-order valence-electron chi connectivity index (χ0n) is 14.3. The summed E-state index contributed by atoms with van der Waals surface area (Å²) in [5.41, 5.74) is 3.93. The molecule has 0 radical (unpaired) electrons. The molecule has 0 spiro atoms. The molecule has 1 aromatic heterocycles. The number of aromatic amines is 1. The van der Waals surface area contributed by atoms with E-state index in [9.17, 15) is 0 Å². The number of aromatic nitrogens is 1. The van der Waals surface area contributed by atoms with E-state index < -0.39 is 0 Å². The lowest BCUT2D eigenvalue weighted by Gasteiger charge is -2.36. The van der Waals surface area contributed by atoms with Gasteiger partial charge < -0.3 is 15.0 Å². The molecule has 6 heteroatoms. The molecule has 0 amide bonds. The summed E-state index contributed by atoms with van der Waals surface area (Å²) in [5, 5.41) is 4.90. The number of nitrogens with zero attached hydrogens (tertiary/aromatic N) is 1. The van der Waals surface area contributed by atoms with Gasteiger partial charge in [0.1, 0.15) is 5.75 Å². The normalized spacial score (nSPS) is 23.4. The van der Waals surface area contributed by atoms with Crippen LogP contribution in [0.1, 0.15) is 24.1 Å². The fraction of sp³-hybridized carbons (Fsp3) is 0.556. The van der Waals surface area contributed by atoms with Gasteiger partial charge in [-0.3, -0.25) is 4.90 Å². The highest BCUT2D eigenvalue weighted by Crippen LogP contribution is 2.30. The molecule has 3 aliphatic heterocycles. The van der Waals surface area contributed by atoms with Crippen LogP contribution in [-0.2, 0) is 6.54 Å². The number of H-pyrrole nitrogens is 1. The Morgan fingerprint density at radius 1 is 1.21 bits per heavy atom. The fourth-order valence-corrected chi connectivity index (χ4v) is 4.08. The Hall–Kier alpha value is -0.940. The molecule has 0 unspecified atom stereocenters. The molecule has 24 heavy (non-hydrogen) atoms. The second-order valence-corrected chi connectivity index (χ2v) is 6.82. The molecule has 134 valence electrons. The molecule has 0 aliphatic carbocycles. The second kappa shape index (κ2) is 7.96. The van der Waals surface area contributed by atoms with Gasteiger partial charge in [-0.1, -0.05) is 0 Å². The lowest BCUT2D eigenvalue weighted by atomic mass is 9.94. The molecule has 3 fully saturated rings. The number of ether oxygens (including phenoxy) is 1. The van der Waals surface area contributed by atoms with E-state index in [4.69, 9.17) is 4.74 Å². The number of piperidine rings is 1. The van der Waals surface area contributed by atoms with E-state index >= 15 is 0 Å². The summed E-state index contributed by atoms with van der Waals surface area (Å²) in [7, 11) is 1.73. The van der Waals surface area contributed by atoms with E-state index in [0.29, 0.717) is 6.04 Å². The van der Waals surface area contributed by atoms with E-state index in [2.05, 4.69) is 34.3 Å². The van der Waals surface area contributed by atoms with Crippen molar-refractivity contribution in [3.63, 3.8) is 0 Å². The zero-order chi connectivity index (χ0) is 15.1. The van der Waals surface area contributed by atoms with Gasteiger partial charge in [-0.05, 0) is 56.0 Å². The van der Waals surface area contributed by atoms with E-state index in [0.717, 1.165) is 24.8 Å². The number of aryl methyl sites for hydroxylation is 1. The highest BCUT2D eigenvalue weighted by molar-refractivity contribution is 5.86. The maximum Gasteiger partial charge on any atom is 0.119 e. The third kappa shape index (κ3) is 3.52. The summed E-state index contributed by atoms with van der Waals surface area (Å²) >= 11 is 0. The van der Waals surface area contributed by atoms with Crippen LogP contribution in [0.4, 0.5) is 0 Å². The first-order valence-electron chi connectivity index (χ1n) is 8.34. The number of nitrogens with one attached hydrogen (secondary N) is 2. The van der Waals surface area contributed by atoms with Gasteiger partial charge in [0.05, 0.1) is 7.11 Å². The average molecular weight is 372 g/mol. The molecule has 3 aliphatic rings. The predicted octanol–water partition coefficient (Wildman–Crippen LogP) is 3.51. The smallest absolute Gasteiger partial charge is 0.119 e. The Bertz CT molecular complexity index is 684. The van der Waals surface area contributed by atoms with Crippen LogP contribution in [0.15, 0.2) is 18.2 Å². The third-order valence-corrected chi connectivity index (χ3v) is 5.46. The van der Waals surface area contributed by atoms with Crippen LogP contribution >= 0.6 is 24.8 Å². The van der Waals surface area contributed by atoms with E-state index in [1.807, 2.05) is 6.07 Å². The molecule has 4 heterocycles. The van der Waals surface area contributed by atoms with Gasteiger partial charge in [0, 0.05) is 42.3 Å². The first kappa shape index (κ1) is 19.4. The van der Waals surface area contributed by atoms with Crippen molar-refractivity contribution in [3.8, 4) is 5.75 Å². The number of rotatable bonds is 3. The second-order valence-electron chi connectivity index (χ2n) is 6.82. The first-order valence-corrected chi connectivity index (χ1v) is 8.34. The maximum atomic E-state index is 5.36. The van der Waals surface area contributed by atoms with Crippen LogP contribution < -0.4 is 10.1 Å². The van der Waals surface area contributed by atoms with Crippen molar-refractivity contribution in [1.29, 1.82) is 0 Å². The fourth-order valence-electron chi connectivity index (χ4n) is 4.08. The van der Waals surface area contributed by atoms with Crippen molar-refractivity contribution >= 4 is 35.7 Å². The summed E-state index contributed by atoms with van der Waals surface area (Å²) in [6.07, 6.45) is 2.72. The number of fused-ring (bicyclic) bond motifs is 5.